The summed E-state index contributed by atoms with van der Waals surface area (Å²) in [7, 11) is 1.64. The van der Waals surface area contributed by atoms with E-state index in [0.717, 1.165) is 16.3 Å². The molecule has 3 aromatic rings. The largest absolute Gasteiger partial charge is 0.497 e. The lowest BCUT2D eigenvalue weighted by Gasteiger charge is -2.01. The third-order valence-corrected chi connectivity index (χ3v) is 4.08. The van der Waals surface area contributed by atoms with Gasteiger partial charge in [0, 0.05) is 12.0 Å². The number of methoxy groups -OCH3 is 1. The van der Waals surface area contributed by atoms with Crippen LogP contribution in [-0.4, -0.2) is 23.2 Å². The van der Waals surface area contributed by atoms with Gasteiger partial charge < -0.3 is 4.74 Å². The minimum absolute atomic E-state index is 0.183. The zero-order valence-corrected chi connectivity index (χ0v) is 13.3. The first kappa shape index (κ1) is 15.2. The number of hydrogen-bond acceptors (Lipinski definition) is 5. The highest BCUT2D eigenvalue weighted by molar-refractivity contribution is 7.15. The topological polar surface area (TPSA) is 64.1 Å². The Kier molecular flexibility index (Phi) is 4.63. The molecule has 23 heavy (non-hydrogen) atoms. The molecule has 0 saturated carbocycles. The van der Waals surface area contributed by atoms with Gasteiger partial charge in [0.2, 0.25) is 5.13 Å². The van der Waals surface area contributed by atoms with Crippen molar-refractivity contribution in [3.8, 4) is 5.75 Å². The van der Waals surface area contributed by atoms with Crippen molar-refractivity contribution in [1.82, 2.24) is 10.2 Å². The number of rotatable bonds is 5. The first-order valence-corrected chi connectivity index (χ1v) is 7.88. The van der Waals surface area contributed by atoms with E-state index in [1.807, 2.05) is 42.5 Å². The first-order valence-electron chi connectivity index (χ1n) is 7.06. The lowest BCUT2D eigenvalue weighted by Crippen LogP contribution is -2.11. The molecule has 1 heterocycles. The number of carbonyl (C=O) groups excluding carboxylic acids is 1. The molecular formula is C17H15N3O2S. The molecule has 116 valence electrons. The Morgan fingerprint density at radius 3 is 2.52 bits per heavy atom. The third-order valence-electron chi connectivity index (χ3n) is 3.24. The molecule has 0 aliphatic rings. The van der Waals surface area contributed by atoms with Crippen LogP contribution in [0.25, 0.3) is 0 Å². The van der Waals surface area contributed by atoms with Crippen LogP contribution in [0.15, 0.2) is 54.6 Å². The fourth-order valence-electron chi connectivity index (χ4n) is 2.05. The molecule has 0 spiro atoms. The number of carbonyl (C=O) groups is 1. The summed E-state index contributed by atoms with van der Waals surface area (Å²) in [6, 6.07) is 16.8. The normalized spacial score (nSPS) is 10.3. The maximum atomic E-state index is 12.1. The lowest BCUT2D eigenvalue weighted by molar-refractivity contribution is 0.102. The molecule has 0 unspecified atom stereocenters. The van der Waals surface area contributed by atoms with E-state index in [1.165, 1.54) is 11.3 Å². The molecule has 0 radical (unpaired) electrons. The number of benzene rings is 2. The molecule has 1 N–H and O–H groups in total. The summed E-state index contributed by atoms with van der Waals surface area (Å²) in [6.45, 7) is 0. The van der Waals surface area contributed by atoms with Crippen LogP contribution in [0.3, 0.4) is 0 Å². The average Bonchev–Trinajstić information content (AvgIpc) is 3.03. The highest BCUT2D eigenvalue weighted by atomic mass is 32.1. The van der Waals surface area contributed by atoms with E-state index in [4.69, 9.17) is 4.74 Å². The molecule has 1 amide bonds. The van der Waals surface area contributed by atoms with Gasteiger partial charge in [0.05, 0.1) is 7.11 Å². The zero-order valence-electron chi connectivity index (χ0n) is 12.5. The van der Waals surface area contributed by atoms with Crippen molar-refractivity contribution in [2.24, 2.45) is 0 Å². The number of aromatic nitrogens is 2. The van der Waals surface area contributed by atoms with Crippen LogP contribution in [0, 0.1) is 0 Å². The van der Waals surface area contributed by atoms with E-state index in [9.17, 15) is 4.79 Å². The molecule has 2 aromatic carbocycles. The Balaban J connectivity index is 1.64. The van der Waals surface area contributed by atoms with Gasteiger partial charge in [0.1, 0.15) is 10.8 Å². The Morgan fingerprint density at radius 2 is 1.83 bits per heavy atom. The molecule has 0 saturated heterocycles. The van der Waals surface area contributed by atoms with E-state index in [1.54, 1.807) is 19.2 Å². The predicted octanol–water partition coefficient (Wildman–Crippen LogP) is 3.39. The summed E-state index contributed by atoms with van der Waals surface area (Å²) >= 11 is 1.38. The SMILES string of the molecule is COc1ccc(Cc2nnc(NC(=O)c3ccccc3)s2)cc1. The summed E-state index contributed by atoms with van der Waals surface area (Å²) in [4.78, 5) is 12.1. The molecular weight excluding hydrogens is 310 g/mol. The van der Waals surface area contributed by atoms with Crippen LogP contribution in [0.2, 0.25) is 0 Å². The van der Waals surface area contributed by atoms with Crippen molar-refractivity contribution in [3.05, 3.63) is 70.7 Å². The fourth-order valence-corrected chi connectivity index (χ4v) is 2.82. The number of anilines is 1. The summed E-state index contributed by atoms with van der Waals surface area (Å²) in [5.74, 6) is 0.638. The van der Waals surface area contributed by atoms with Gasteiger partial charge in [0.25, 0.3) is 5.91 Å². The van der Waals surface area contributed by atoms with Crippen LogP contribution >= 0.6 is 11.3 Å². The molecule has 6 heteroatoms. The minimum atomic E-state index is -0.183. The van der Waals surface area contributed by atoms with E-state index < -0.39 is 0 Å². The van der Waals surface area contributed by atoms with Crippen molar-refractivity contribution in [1.29, 1.82) is 0 Å². The molecule has 0 bridgehead atoms. The Hall–Kier alpha value is -2.73. The number of hydrogen-bond donors (Lipinski definition) is 1. The monoisotopic (exact) mass is 325 g/mol. The van der Waals surface area contributed by atoms with Crippen LogP contribution in [0.4, 0.5) is 5.13 Å². The quantitative estimate of drug-likeness (QED) is 0.781. The van der Waals surface area contributed by atoms with Gasteiger partial charge in [-0.05, 0) is 29.8 Å². The van der Waals surface area contributed by atoms with Gasteiger partial charge in [-0.3, -0.25) is 10.1 Å². The van der Waals surface area contributed by atoms with Crippen LogP contribution in [0.5, 0.6) is 5.75 Å². The number of amides is 1. The smallest absolute Gasteiger partial charge is 0.257 e. The molecule has 0 fully saturated rings. The summed E-state index contributed by atoms with van der Waals surface area (Å²) in [6.07, 6.45) is 0.670. The summed E-state index contributed by atoms with van der Waals surface area (Å²) in [5, 5.41) is 12.3. The number of ether oxygens (including phenoxy) is 1. The first-order chi connectivity index (χ1) is 11.2. The van der Waals surface area contributed by atoms with E-state index in [0.29, 0.717) is 17.1 Å². The van der Waals surface area contributed by atoms with Gasteiger partial charge >= 0.3 is 0 Å². The Labute approximate surface area is 138 Å². The maximum Gasteiger partial charge on any atom is 0.257 e. The van der Waals surface area contributed by atoms with E-state index >= 15 is 0 Å². The van der Waals surface area contributed by atoms with Crippen molar-refractivity contribution in [2.45, 2.75) is 6.42 Å². The number of nitrogens with one attached hydrogen (secondary N) is 1. The van der Waals surface area contributed by atoms with Crippen LogP contribution in [-0.2, 0) is 6.42 Å². The van der Waals surface area contributed by atoms with Gasteiger partial charge in [-0.25, -0.2) is 0 Å². The molecule has 0 aliphatic carbocycles. The van der Waals surface area contributed by atoms with E-state index in [2.05, 4.69) is 15.5 Å². The molecule has 3 rings (SSSR count). The van der Waals surface area contributed by atoms with Crippen LogP contribution < -0.4 is 10.1 Å². The summed E-state index contributed by atoms with van der Waals surface area (Å²) < 4.78 is 5.14. The van der Waals surface area contributed by atoms with E-state index in [-0.39, 0.29) is 5.91 Å². The lowest BCUT2D eigenvalue weighted by atomic mass is 10.1. The summed E-state index contributed by atoms with van der Waals surface area (Å²) in [5.41, 5.74) is 1.71. The highest BCUT2D eigenvalue weighted by Crippen LogP contribution is 2.20. The van der Waals surface area contributed by atoms with Crippen molar-refractivity contribution >= 4 is 22.4 Å². The van der Waals surface area contributed by atoms with Gasteiger partial charge in [0.15, 0.2) is 0 Å². The highest BCUT2D eigenvalue weighted by Gasteiger charge is 2.10. The molecule has 1 aromatic heterocycles. The third kappa shape index (κ3) is 3.92. The second kappa shape index (κ2) is 7.02. The predicted molar refractivity (Wildman–Crippen MR) is 90.1 cm³/mol. The Morgan fingerprint density at radius 1 is 1.09 bits per heavy atom. The molecule has 5 nitrogen and oxygen atoms in total. The molecule has 0 aliphatic heterocycles. The number of nitrogens with zero attached hydrogens (tertiary/aromatic N) is 2. The second-order valence-corrected chi connectivity index (χ2v) is 5.91. The fraction of sp³-hybridized carbons (Fsp3) is 0.118. The second-order valence-electron chi connectivity index (χ2n) is 4.85. The van der Waals surface area contributed by atoms with Gasteiger partial charge in [-0.15, -0.1) is 10.2 Å². The zero-order chi connectivity index (χ0) is 16.1. The van der Waals surface area contributed by atoms with Crippen LogP contribution in [0.1, 0.15) is 20.9 Å². The van der Waals surface area contributed by atoms with Gasteiger partial charge in [-0.2, -0.15) is 0 Å². The maximum absolute atomic E-state index is 12.1. The van der Waals surface area contributed by atoms with Gasteiger partial charge in [-0.1, -0.05) is 41.7 Å². The van der Waals surface area contributed by atoms with Crippen molar-refractivity contribution < 1.29 is 9.53 Å². The average molecular weight is 325 g/mol. The van der Waals surface area contributed by atoms with Crippen molar-refractivity contribution in [2.75, 3.05) is 12.4 Å². The standard InChI is InChI=1S/C17H15N3O2S/c1-22-14-9-7-12(8-10-14)11-15-19-20-17(23-15)18-16(21)13-5-3-2-4-6-13/h2-10H,11H2,1H3,(H,18,20,21). The minimum Gasteiger partial charge on any atom is -0.497 e. The Bertz CT molecular complexity index is 785. The molecule has 0 atom stereocenters. The van der Waals surface area contributed by atoms with Crippen molar-refractivity contribution in [3.63, 3.8) is 0 Å².